The van der Waals surface area contributed by atoms with Crippen LogP contribution >= 0.6 is 23.1 Å². The maximum Gasteiger partial charge on any atom is 0.174 e. The summed E-state index contributed by atoms with van der Waals surface area (Å²) in [5, 5.41) is 13.7. The Hall–Kier alpha value is -0.130. The molecular weight excluding hydrogens is 238 g/mol. The van der Waals surface area contributed by atoms with Crippen molar-refractivity contribution in [2.75, 3.05) is 6.54 Å². The average Bonchev–Trinajstić information content (AvgIpc) is 2.86. The van der Waals surface area contributed by atoms with E-state index in [4.69, 9.17) is 0 Å². The molecule has 0 radical (unpaired) electrons. The van der Waals surface area contributed by atoms with Gasteiger partial charge in [-0.1, -0.05) is 30.0 Å². The van der Waals surface area contributed by atoms with Crippen molar-refractivity contribution in [2.45, 2.75) is 55.2 Å². The van der Waals surface area contributed by atoms with Gasteiger partial charge in [-0.15, -0.1) is 10.2 Å². The van der Waals surface area contributed by atoms with Crippen LogP contribution in [-0.4, -0.2) is 28.0 Å². The van der Waals surface area contributed by atoms with Crippen molar-refractivity contribution >= 4 is 23.1 Å². The second-order valence-corrected chi connectivity index (χ2v) is 7.02. The molecule has 0 aromatic carbocycles. The van der Waals surface area contributed by atoms with Crippen LogP contribution in [0.25, 0.3) is 0 Å². The Balaban J connectivity index is 1.76. The normalized spacial score (nSPS) is 25.1. The van der Waals surface area contributed by atoms with Crippen LogP contribution in [-0.2, 0) is 0 Å². The summed E-state index contributed by atoms with van der Waals surface area (Å²) in [6, 6.07) is 0.728. The summed E-state index contributed by atoms with van der Waals surface area (Å²) >= 11 is 3.63. The van der Waals surface area contributed by atoms with Crippen LogP contribution in [0.5, 0.6) is 0 Å². The van der Waals surface area contributed by atoms with Crippen molar-refractivity contribution in [1.82, 2.24) is 15.5 Å². The first-order chi connectivity index (χ1) is 7.78. The van der Waals surface area contributed by atoms with E-state index in [0.717, 1.165) is 27.2 Å². The first-order valence-electron chi connectivity index (χ1n) is 5.98. The van der Waals surface area contributed by atoms with E-state index in [-0.39, 0.29) is 0 Å². The summed E-state index contributed by atoms with van der Waals surface area (Å²) in [7, 11) is 0. The zero-order valence-corrected chi connectivity index (χ0v) is 11.5. The van der Waals surface area contributed by atoms with Gasteiger partial charge in [0.05, 0.1) is 0 Å². The van der Waals surface area contributed by atoms with E-state index in [2.05, 4.69) is 22.4 Å². The third-order valence-electron chi connectivity index (χ3n) is 2.84. The molecule has 0 aliphatic heterocycles. The lowest BCUT2D eigenvalue weighted by Gasteiger charge is -2.11. The van der Waals surface area contributed by atoms with E-state index < -0.39 is 0 Å². The van der Waals surface area contributed by atoms with Crippen molar-refractivity contribution in [2.24, 2.45) is 0 Å². The highest BCUT2D eigenvalue weighted by atomic mass is 32.2. The third-order valence-corrected chi connectivity index (χ3v) is 5.06. The summed E-state index contributed by atoms with van der Waals surface area (Å²) in [6.45, 7) is 5.39. The molecule has 1 aromatic heterocycles. The Morgan fingerprint density at radius 2 is 2.31 bits per heavy atom. The third kappa shape index (κ3) is 3.43. The number of aromatic nitrogens is 2. The predicted molar refractivity (Wildman–Crippen MR) is 70.2 cm³/mol. The van der Waals surface area contributed by atoms with Crippen molar-refractivity contribution in [1.29, 1.82) is 0 Å². The number of rotatable bonds is 5. The smallest absolute Gasteiger partial charge is 0.174 e. The van der Waals surface area contributed by atoms with Crippen LogP contribution < -0.4 is 5.32 Å². The minimum atomic E-state index is 0.728. The highest BCUT2D eigenvalue weighted by Crippen LogP contribution is 2.36. The molecule has 16 heavy (non-hydrogen) atoms. The lowest BCUT2D eigenvalue weighted by molar-refractivity contribution is 0.524. The Kier molecular flexibility index (Phi) is 4.61. The fourth-order valence-corrected chi connectivity index (χ4v) is 4.38. The SMILES string of the molecule is CCCNC1CCC(Sc2nnc(C)s2)C1. The van der Waals surface area contributed by atoms with Gasteiger partial charge in [-0.3, -0.25) is 0 Å². The van der Waals surface area contributed by atoms with Crippen molar-refractivity contribution in [3.8, 4) is 0 Å². The molecule has 2 atom stereocenters. The Bertz CT molecular complexity index is 327. The van der Waals surface area contributed by atoms with Gasteiger partial charge >= 0.3 is 0 Å². The first kappa shape index (κ1) is 12.3. The molecule has 0 bridgehead atoms. The van der Waals surface area contributed by atoms with Gasteiger partial charge in [0.2, 0.25) is 0 Å². The summed E-state index contributed by atoms with van der Waals surface area (Å²) in [4.78, 5) is 0. The number of hydrogen-bond donors (Lipinski definition) is 1. The lowest BCUT2D eigenvalue weighted by Crippen LogP contribution is -2.27. The van der Waals surface area contributed by atoms with Gasteiger partial charge in [-0.05, 0) is 39.2 Å². The molecule has 1 aromatic rings. The highest BCUT2D eigenvalue weighted by molar-refractivity contribution is 8.01. The van der Waals surface area contributed by atoms with E-state index in [0.29, 0.717) is 0 Å². The highest BCUT2D eigenvalue weighted by Gasteiger charge is 2.25. The molecule has 1 aliphatic carbocycles. The van der Waals surface area contributed by atoms with E-state index in [9.17, 15) is 0 Å². The van der Waals surface area contributed by atoms with Gasteiger partial charge in [-0.25, -0.2) is 0 Å². The summed E-state index contributed by atoms with van der Waals surface area (Å²) in [5.41, 5.74) is 0. The molecule has 1 heterocycles. The van der Waals surface area contributed by atoms with Crippen LogP contribution in [0.1, 0.15) is 37.6 Å². The maximum atomic E-state index is 4.18. The fourth-order valence-electron chi connectivity index (χ4n) is 2.05. The second-order valence-electron chi connectivity index (χ2n) is 4.29. The van der Waals surface area contributed by atoms with Gasteiger partial charge in [0.25, 0.3) is 0 Å². The van der Waals surface area contributed by atoms with Crippen LogP contribution in [0.2, 0.25) is 0 Å². The molecule has 5 heteroatoms. The quantitative estimate of drug-likeness (QED) is 0.880. The number of aryl methyl sites for hydroxylation is 1. The van der Waals surface area contributed by atoms with Crippen molar-refractivity contribution < 1.29 is 0 Å². The van der Waals surface area contributed by atoms with Crippen molar-refractivity contribution in [3.05, 3.63) is 5.01 Å². The van der Waals surface area contributed by atoms with Crippen LogP contribution in [0.4, 0.5) is 0 Å². The van der Waals surface area contributed by atoms with Crippen LogP contribution in [0.15, 0.2) is 4.34 Å². The number of nitrogens with one attached hydrogen (secondary N) is 1. The molecule has 0 amide bonds. The topological polar surface area (TPSA) is 37.8 Å². The minimum absolute atomic E-state index is 0.728. The summed E-state index contributed by atoms with van der Waals surface area (Å²) < 4.78 is 1.14. The Morgan fingerprint density at radius 1 is 1.44 bits per heavy atom. The molecule has 1 fully saturated rings. The molecule has 2 rings (SSSR count). The molecular formula is C11H19N3S2. The molecule has 2 unspecified atom stereocenters. The van der Waals surface area contributed by atoms with Gasteiger partial charge in [0.1, 0.15) is 5.01 Å². The minimum Gasteiger partial charge on any atom is -0.314 e. The number of hydrogen-bond acceptors (Lipinski definition) is 5. The van der Waals surface area contributed by atoms with E-state index >= 15 is 0 Å². The van der Waals surface area contributed by atoms with E-state index in [1.54, 1.807) is 11.3 Å². The van der Waals surface area contributed by atoms with Crippen LogP contribution in [0.3, 0.4) is 0 Å². The average molecular weight is 257 g/mol. The van der Waals surface area contributed by atoms with Gasteiger partial charge in [0, 0.05) is 11.3 Å². The van der Waals surface area contributed by atoms with Crippen LogP contribution in [0, 0.1) is 6.92 Å². The molecule has 3 nitrogen and oxygen atoms in total. The molecule has 0 saturated heterocycles. The number of thioether (sulfide) groups is 1. The van der Waals surface area contributed by atoms with Gasteiger partial charge < -0.3 is 5.32 Å². The van der Waals surface area contributed by atoms with Gasteiger partial charge in [0.15, 0.2) is 4.34 Å². The van der Waals surface area contributed by atoms with Gasteiger partial charge in [-0.2, -0.15) is 0 Å². The largest absolute Gasteiger partial charge is 0.314 e. The maximum absolute atomic E-state index is 4.18. The monoisotopic (exact) mass is 257 g/mol. The molecule has 1 saturated carbocycles. The van der Waals surface area contributed by atoms with E-state index in [1.807, 2.05) is 18.7 Å². The second kappa shape index (κ2) is 5.98. The Morgan fingerprint density at radius 3 is 3.00 bits per heavy atom. The molecule has 90 valence electrons. The van der Waals surface area contributed by atoms with E-state index in [1.165, 1.54) is 25.7 Å². The Labute approximate surface area is 105 Å². The first-order valence-corrected chi connectivity index (χ1v) is 7.67. The van der Waals surface area contributed by atoms with Crippen molar-refractivity contribution in [3.63, 3.8) is 0 Å². The molecule has 1 N–H and O–H groups in total. The summed E-state index contributed by atoms with van der Waals surface area (Å²) in [5.74, 6) is 0. The molecule has 1 aliphatic rings. The molecule has 0 spiro atoms. The standard InChI is InChI=1S/C11H19N3S2/c1-3-6-12-9-4-5-10(7-9)16-11-14-13-8(2)15-11/h9-10,12H,3-7H2,1-2H3. The lowest BCUT2D eigenvalue weighted by atomic mass is 10.2. The zero-order valence-electron chi connectivity index (χ0n) is 9.90. The predicted octanol–water partition coefficient (Wildman–Crippen LogP) is 2.86. The fraction of sp³-hybridized carbons (Fsp3) is 0.818. The zero-order chi connectivity index (χ0) is 11.4. The summed E-state index contributed by atoms with van der Waals surface area (Å²) in [6.07, 6.45) is 5.13. The number of nitrogens with zero attached hydrogens (tertiary/aromatic N) is 2.